The third-order valence-electron chi connectivity index (χ3n) is 1.28. The van der Waals surface area contributed by atoms with E-state index in [1.54, 1.807) is 25.1 Å². The molecule has 0 saturated heterocycles. The molecule has 0 unspecified atom stereocenters. The van der Waals surface area contributed by atoms with Gasteiger partial charge >= 0.3 is 5.97 Å². The third kappa shape index (κ3) is 3.46. The number of pyridine rings is 1. The second-order valence-corrected chi connectivity index (χ2v) is 2.70. The summed E-state index contributed by atoms with van der Waals surface area (Å²) in [6.45, 7) is 2.04. The molecule has 72 valence electrons. The SMILES string of the molecule is CCOC(=O)C#Cc1cccc(Cl)n1. The van der Waals surface area contributed by atoms with Gasteiger partial charge in [-0.15, -0.1) is 0 Å². The highest BCUT2D eigenvalue weighted by Crippen LogP contribution is 2.03. The average molecular weight is 210 g/mol. The van der Waals surface area contributed by atoms with Gasteiger partial charge in [0.05, 0.1) is 6.61 Å². The Morgan fingerprint density at radius 3 is 3.07 bits per heavy atom. The molecular weight excluding hydrogens is 202 g/mol. The minimum Gasteiger partial charge on any atom is -0.456 e. The molecule has 1 rings (SSSR count). The van der Waals surface area contributed by atoms with Crippen LogP contribution in [0.5, 0.6) is 0 Å². The zero-order valence-electron chi connectivity index (χ0n) is 7.58. The van der Waals surface area contributed by atoms with Gasteiger partial charge in [-0.3, -0.25) is 0 Å². The molecule has 3 nitrogen and oxygen atoms in total. The van der Waals surface area contributed by atoms with Gasteiger partial charge in [-0.25, -0.2) is 9.78 Å². The molecule has 0 aromatic carbocycles. The maximum Gasteiger partial charge on any atom is 0.384 e. The summed E-state index contributed by atoms with van der Waals surface area (Å²) in [5.41, 5.74) is 0.450. The summed E-state index contributed by atoms with van der Waals surface area (Å²) in [5, 5.41) is 0.348. The molecule has 0 saturated carbocycles. The number of esters is 1. The number of hydrogen-bond acceptors (Lipinski definition) is 3. The summed E-state index contributed by atoms with van der Waals surface area (Å²) in [4.78, 5) is 14.7. The molecule has 1 aromatic rings. The van der Waals surface area contributed by atoms with E-state index in [-0.39, 0.29) is 0 Å². The van der Waals surface area contributed by atoms with Crippen LogP contribution in [-0.2, 0) is 9.53 Å². The van der Waals surface area contributed by atoms with Gasteiger partial charge in [0.1, 0.15) is 10.8 Å². The van der Waals surface area contributed by atoms with Gasteiger partial charge in [-0.05, 0) is 25.0 Å². The molecular formula is C10H8ClNO2. The normalized spacial score (nSPS) is 8.71. The molecule has 14 heavy (non-hydrogen) atoms. The first-order valence-electron chi connectivity index (χ1n) is 4.03. The average Bonchev–Trinajstić information content (AvgIpc) is 2.15. The lowest BCUT2D eigenvalue weighted by Gasteiger charge is -1.91. The molecule has 0 aliphatic carbocycles. The Morgan fingerprint density at radius 2 is 2.43 bits per heavy atom. The quantitative estimate of drug-likeness (QED) is 0.401. The fraction of sp³-hybridized carbons (Fsp3) is 0.200. The molecule has 0 aliphatic heterocycles. The molecule has 4 heteroatoms. The molecule has 0 bridgehead atoms. The monoisotopic (exact) mass is 209 g/mol. The van der Waals surface area contributed by atoms with Crippen LogP contribution in [0, 0.1) is 11.8 Å². The number of nitrogens with zero attached hydrogens (tertiary/aromatic N) is 1. The van der Waals surface area contributed by atoms with E-state index < -0.39 is 5.97 Å². The van der Waals surface area contributed by atoms with Crippen molar-refractivity contribution in [2.75, 3.05) is 6.61 Å². The Hall–Kier alpha value is -1.53. The van der Waals surface area contributed by atoms with Gasteiger partial charge < -0.3 is 4.74 Å². The summed E-state index contributed by atoms with van der Waals surface area (Å²) < 4.78 is 4.62. The predicted molar refractivity (Wildman–Crippen MR) is 52.8 cm³/mol. The van der Waals surface area contributed by atoms with Crippen molar-refractivity contribution in [3.05, 3.63) is 29.0 Å². The van der Waals surface area contributed by atoms with E-state index in [4.69, 9.17) is 11.6 Å². The standard InChI is InChI=1S/C10H8ClNO2/c1-2-14-10(13)7-6-8-4-3-5-9(11)12-8/h3-5H,2H2,1H3. The van der Waals surface area contributed by atoms with Crippen molar-refractivity contribution in [1.82, 2.24) is 4.98 Å². The second-order valence-electron chi connectivity index (χ2n) is 2.32. The van der Waals surface area contributed by atoms with Gasteiger partial charge in [-0.2, -0.15) is 0 Å². The molecule has 0 N–H and O–H groups in total. The summed E-state index contributed by atoms with van der Waals surface area (Å²) in [6, 6.07) is 5.01. The maximum absolute atomic E-state index is 10.8. The van der Waals surface area contributed by atoms with Crippen LogP contribution in [0.3, 0.4) is 0 Å². The first-order valence-corrected chi connectivity index (χ1v) is 4.41. The predicted octanol–water partition coefficient (Wildman–Crippen LogP) is 1.65. The number of rotatable bonds is 1. The van der Waals surface area contributed by atoms with Crippen molar-refractivity contribution in [2.45, 2.75) is 6.92 Å². The minimum absolute atomic E-state index is 0.316. The number of ether oxygens (including phenoxy) is 1. The molecule has 0 amide bonds. The Balaban J connectivity index is 2.72. The Morgan fingerprint density at radius 1 is 1.64 bits per heavy atom. The number of carbonyl (C=O) groups excluding carboxylic acids is 1. The van der Waals surface area contributed by atoms with E-state index in [1.807, 2.05) is 0 Å². The van der Waals surface area contributed by atoms with Gasteiger partial charge in [0.2, 0.25) is 0 Å². The smallest absolute Gasteiger partial charge is 0.384 e. The summed E-state index contributed by atoms with van der Waals surface area (Å²) in [6.07, 6.45) is 0. The minimum atomic E-state index is -0.561. The van der Waals surface area contributed by atoms with E-state index in [2.05, 4.69) is 21.6 Å². The summed E-state index contributed by atoms with van der Waals surface area (Å²) in [5.74, 6) is 4.28. The van der Waals surface area contributed by atoms with Crippen LogP contribution in [0.15, 0.2) is 18.2 Å². The molecule has 0 aliphatic rings. The number of aromatic nitrogens is 1. The van der Waals surface area contributed by atoms with Crippen LogP contribution in [0.1, 0.15) is 12.6 Å². The van der Waals surface area contributed by atoms with Crippen molar-refractivity contribution < 1.29 is 9.53 Å². The highest BCUT2D eigenvalue weighted by atomic mass is 35.5. The van der Waals surface area contributed by atoms with Crippen molar-refractivity contribution in [3.8, 4) is 11.8 Å². The fourth-order valence-electron chi connectivity index (χ4n) is 0.760. The van der Waals surface area contributed by atoms with E-state index in [1.165, 1.54) is 0 Å². The zero-order valence-corrected chi connectivity index (χ0v) is 8.34. The van der Waals surface area contributed by atoms with E-state index in [0.717, 1.165) is 0 Å². The van der Waals surface area contributed by atoms with Crippen LogP contribution in [0.2, 0.25) is 5.15 Å². The Bertz CT molecular complexity index is 393. The molecule has 0 fully saturated rings. The molecule has 0 atom stereocenters. The Labute approximate surface area is 87.1 Å². The molecule has 0 radical (unpaired) electrons. The van der Waals surface area contributed by atoms with E-state index >= 15 is 0 Å². The lowest BCUT2D eigenvalue weighted by molar-refractivity contribution is -0.136. The first-order chi connectivity index (χ1) is 6.72. The lowest BCUT2D eigenvalue weighted by atomic mass is 10.3. The maximum atomic E-state index is 10.8. The summed E-state index contributed by atoms with van der Waals surface area (Å²) >= 11 is 5.63. The van der Waals surface area contributed by atoms with Crippen LogP contribution in [-0.4, -0.2) is 17.6 Å². The van der Waals surface area contributed by atoms with Crippen molar-refractivity contribution in [1.29, 1.82) is 0 Å². The highest BCUT2D eigenvalue weighted by Gasteiger charge is 1.94. The van der Waals surface area contributed by atoms with Crippen molar-refractivity contribution in [3.63, 3.8) is 0 Å². The topological polar surface area (TPSA) is 39.2 Å². The fourth-order valence-corrected chi connectivity index (χ4v) is 0.924. The van der Waals surface area contributed by atoms with Crippen molar-refractivity contribution >= 4 is 17.6 Å². The molecule has 0 spiro atoms. The van der Waals surface area contributed by atoms with Crippen LogP contribution in [0.4, 0.5) is 0 Å². The van der Waals surface area contributed by atoms with E-state index in [0.29, 0.717) is 17.5 Å². The first kappa shape index (κ1) is 10.6. The zero-order chi connectivity index (χ0) is 10.4. The summed E-state index contributed by atoms with van der Waals surface area (Å²) in [7, 11) is 0. The highest BCUT2D eigenvalue weighted by molar-refractivity contribution is 6.29. The molecule has 1 aromatic heterocycles. The van der Waals surface area contributed by atoms with Crippen LogP contribution >= 0.6 is 11.6 Å². The lowest BCUT2D eigenvalue weighted by Crippen LogP contribution is -1.99. The van der Waals surface area contributed by atoms with Gasteiger partial charge in [0.25, 0.3) is 0 Å². The van der Waals surface area contributed by atoms with E-state index in [9.17, 15) is 4.79 Å². The Kier molecular flexibility index (Phi) is 3.96. The number of carbonyl (C=O) groups is 1. The number of hydrogen-bond donors (Lipinski definition) is 0. The largest absolute Gasteiger partial charge is 0.456 e. The molecule has 1 heterocycles. The van der Waals surface area contributed by atoms with Gasteiger partial charge in [-0.1, -0.05) is 17.7 Å². The second kappa shape index (κ2) is 5.25. The third-order valence-corrected chi connectivity index (χ3v) is 1.49. The number of halogens is 1. The van der Waals surface area contributed by atoms with Crippen molar-refractivity contribution in [2.24, 2.45) is 0 Å². The van der Waals surface area contributed by atoms with Crippen LogP contribution < -0.4 is 0 Å². The van der Waals surface area contributed by atoms with Gasteiger partial charge in [0.15, 0.2) is 0 Å². The van der Waals surface area contributed by atoms with Crippen LogP contribution in [0.25, 0.3) is 0 Å². The van der Waals surface area contributed by atoms with Gasteiger partial charge in [0, 0.05) is 5.92 Å².